The molecule has 0 N–H and O–H groups in total. The summed E-state index contributed by atoms with van der Waals surface area (Å²) in [5.74, 6) is 1.93. The molecule has 0 unspecified atom stereocenters. The van der Waals surface area contributed by atoms with Crippen LogP contribution in [0.25, 0.3) is 0 Å². The Morgan fingerprint density at radius 1 is 1.42 bits per heavy atom. The van der Waals surface area contributed by atoms with E-state index >= 15 is 0 Å². The second-order valence-corrected chi connectivity index (χ2v) is 4.44. The number of benzene rings is 1. The van der Waals surface area contributed by atoms with Crippen molar-refractivity contribution in [2.75, 3.05) is 36.5 Å². The fourth-order valence-electron chi connectivity index (χ4n) is 2.54. The van der Waals surface area contributed by atoms with Gasteiger partial charge in [0.05, 0.1) is 18.5 Å². The van der Waals surface area contributed by atoms with Crippen LogP contribution in [0.3, 0.4) is 0 Å². The number of hydrogen-bond donors (Lipinski definition) is 0. The van der Waals surface area contributed by atoms with Crippen LogP contribution in [-0.4, -0.2) is 32.7 Å². The number of aliphatic imine (C=N–C) groups is 1. The molecule has 0 radical (unpaired) electrons. The number of methoxy groups -OCH3 is 1. The van der Waals surface area contributed by atoms with Crippen molar-refractivity contribution in [3.63, 3.8) is 0 Å². The molecule has 0 amide bonds. The maximum atomic E-state index is 5.31. The zero-order chi connectivity index (χ0) is 12.5. The number of halogens is 1. The first-order valence-corrected chi connectivity index (χ1v) is 6.23. The Labute approximate surface area is 124 Å². The average Bonchev–Trinajstić information content (AvgIpc) is 2.74. The number of hydrogen-bond acceptors (Lipinski definition) is 4. The molecule has 2 aliphatic heterocycles. The highest BCUT2D eigenvalue weighted by atomic mass is 79.9. The Balaban J connectivity index is 0.00000133. The molecule has 2 aliphatic rings. The second-order valence-electron chi connectivity index (χ2n) is 4.44. The SMILES string of the molecule is Br.C=CCN1C2=NCCCN2c2cc(OC)ccc21. The smallest absolute Gasteiger partial charge is 0.206 e. The molecule has 19 heavy (non-hydrogen) atoms. The fourth-order valence-corrected chi connectivity index (χ4v) is 2.54. The monoisotopic (exact) mass is 323 g/mol. The predicted molar refractivity (Wildman–Crippen MR) is 85.1 cm³/mol. The number of anilines is 2. The molecule has 5 heteroatoms. The molecular weight excluding hydrogens is 306 g/mol. The summed E-state index contributed by atoms with van der Waals surface area (Å²) < 4.78 is 5.31. The van der Waals surface area contributed by atoms with Gasteiger partial charge in [0.25, 0.3) is 0 Å². The van der Waals surface area contributed by atoms with E-state index in [9.17, 15) is 0 Å². The molecule has 0 fully saturated rings. The number of rotatable bonds is 3. The van der Waals surface area contributed by atoms with Gasteiger partial charge >= 0.3 is 0 Å². The first kappa shape index (κ1) is 13.9. The molecular formula is C14H18BrN3O. The normalized spacial score (nSPS) is 16.2. The minimum absolute atomic E-state index is 0. The first-order chi connectivity index (χ1) is 8.85. The molecule has 0 bridgehead atoms. The Kier molecular flexibility index (Phi) is 4.14. The van der Waals surface area contributed by atoms with Crippen molar-refractivity contribution in [1.82, 2.24) is 0 Å². The van der Waals surface area contributed by atoms with Gasteiger partial charge in [-0.3, -0.25) is 4.99 Å². The predicted octanol–water partition coefficient (Wildman–Crippen LogP) is 2.85. The molecule has 0 saturated heterocycles. The number of ether oxygens (including phenoxy) is 1. The average molecular weight is 324 g/mol. The van der Waals surface area contributed by atoms with Gasteiger partial charge in [0, 0.05) is 25.7 Å². The molecule has 102 valence electrons. The summed E-state index contributed by atoms with van der Waals surface area (Å²) in [6.45, 7) is 6.54. The van der Waals surface area contributed by atoms with Crippen molar-refractivity contribution < 1.29 is 4.74 Å². The van der Waals surface area contributed by atoms with Gasteiger partial charge in [0.2, 0.25) is 5.96 Å². The quantitative estimate of drug-likeness (QED) is 0.801. The molecule has 0 saturated carbocycles. The van der Waals surface area contributed by atoms with Gasteiger partial charge in [0.1, 0.15) is 5.75 Å². The van der Waals surface area contributed by atoms with Crippen LogP contribution >= 0.6 is 17.0 Å². The summed E-state index contributed by atoms with van der Waals surface area (Å²) in [6.07, 6.45) is 3.01. The number of fused-ring (bicyclic) bond motifs is 3. The summed E-state index contributed by atoms with van der Waals surface area (Å²) in [4.78, 5) is 9.12. The molecule has 3 rings (SSSR count). The van der Waals surface area contributed by atoms with Crippen LogP contribution in [-0.2, 0) is 0 Å². The van der Waals surface area contributed by atoms with E-state index in [0.29, 0.717) is 0 Å². The molecule has 4 nitrogen and oxygen atoms in total. The van der Waals surface area contributed by atoms with Crippen LogP contribution in [0, 0.1) is 0 Å². The van der Waals surface area contributed by atoms with E-state index in [1.807, 2.05) is 12.1 Å². The van der Waals surface area contributed by atoms with Gasteiger partial charge in [-0.25, -0.2) is 0 Å². The van der Waals surface area contributed by atoms with Crippen LogP contribution in [0.1, 0.15) is 6.42 Å². The van der Waals surface area contributed by atoms with Crippen molar-refractivity contribution in [3.8, 4) is 5.75 Å². The Morgan fingerprint density at radius 3 is 3.00 bits per heavy atom. The van der Waals surface area contributed by atoms with E-state index in [1.54, 1.807) is 7.11 Å². The van der Waals surface area contributed by atoms with E-state index in [0.717, 1.165) is 37.8 Å². The molecule has 0 spiro atoms. The molecule has 2 heterocycles. The largest absolute Gasteiger partial charge is 0.497 e. The highest BCUT2D eigenvalue weighted by Gasteiger charge is 2.33. The molecule has 1 aromatic rings. The number of nitrogens with zero attached hydrogens (tertiary/aromatic N) is 3. The summed E-state index contributed by atoms with van der Waals surface area (Å²) in [5.41, 5.74) is 2.38. The van der Waals surface area contributed by atoms with Crippen molar-refractivity contribution in [1.29, 1.82) is 0 Å². The van der Waals surface area contributed by atoms with E-state index in [-0.39, 0.29) is 17.0 Å². The second kappa shape index (κ2) is 5.65. The molecule has 1 aromatic carbocycles. The standard InChI is InChI=1S/C14H17N3O.BrH/c1-3-8-16-12-6-5-11(18-2)10-13(12)17-9-4-7-15-14(16)17;/h3,5-6,10H,1,4,7-9H2,2H3;1H. The van der Waals surface area contributed by atoms with Gasteiger partial charge < -0.3 is 14.5 Å². The van der Waals surface area contributed by atoms with E-state index in [1.165, 1.54) is 11.4 Å². The van der Waals surface area contributed by atoms with Crippen LogP contribution in [0.5, 0.6) is 5.75 Å². The lowest BCUT2D eigenvalue weighted by Gasteiger charge is -2.26. The molecule has 0 aromatic heterocycles. The number of guanidine groups is 1. The summed E-state index contributed by atoms with van der Waals surface area (Å²) in [6, 6.07) is 6.17. The zero-order valence-electron chi connectivity index (χ0n) is 11.0. The third-order valence-corrected chi connectivity index (χ3v) is 3.35. The molecule has 0 aliphatic carbocycles. The third-order valence-electron chi connectivity index (χ3n) is 3.35. The topological polar surface area (TPSA) is 28.1 Å². The van der Waals surface area contributed by atoms with Crippen molar-refractivity contribution in [3.05, 3.63) is 30.9 Å². The maximum Gasteiger partial charge on any atom is 0.206 e. The maximum absolute atomic E-state index is 5.31. The highest BCUT2D eigenvalue weighted by molar-refractivity contribution is 8.93. The summed E-state index contributed by atoms with van der Waals surface area (Å²) in [7, 11) is 1.70. The van der Waals surface area contributed by atoms with Gasteiger partial charge in [-0.05, 0) is 18.6 Å². The Hall–Kier alpha value is -1.49. The van der Waals surface area contributed by atoms with E-state index in [2.05, 4.69) is 33.5 Å². The fraction of sp³-hybridized carbons (Fsp3) is 0.357. The minimum atomic E-state index is 0. The first-order valence-electron chi connectivity index (χ1n) is 6.23. The van der Waals surface area contributed by atoms with Crippen molar-refractivity contribution in [2.24, 2.45) is 4.99 Å². The zero-order valence-corrected chi connectivity index (χ0v) is 12.7. The summed E-state index contributed by atoms with van der Waals surface area (Å²) >= 11 is 0. The van der Waals surface area contributed by atoms with Crippen molar-refractivity contribution in [2.45, 2.75) is 6.42 Å². The minimum Gasteiger partial charge on any atom is -0.497 e. The van der Waals surface area contributed by atoms with Crippen LogP contribution < -0.4 is 14.5 Å². The lowest BCUT2D eigenvalue weighted by molar-refractivity contribution is 0.415. The molecule has 0 atom stereocenters. The van der Waals surface area contributed by atoms with Gasteiger partial charge in [-0.2, -0.15) is 0 Å². The Bertz CT molecular complexity index is 515. The van der Waals surface area contributed by atoms with Gasteiger partial charge in [-0.1, -0.05) is 6.08 Å². The van der Waals surface area contributed by atoms with E-state index in [4.69, 9.17) is 4.74 Å². The lowest BCUT2D eigenvalue weighted by Crippen LogP contribution is -2.41. The van der Waals surface area contributed by atoms with E-state index < -0.39 is 0 Å². The van der Waals surface area contributed by atoms with Crippen LogP contribution in [0.2, 0.25) is 0 Å². The van der Waals surface area contributed by atoms with Crippen LogP contribution in [0.15, 0.2) is 35.8 Å². The lowest BCUT2D eigenvalue weighted by atomic mass is 10.2. The highest BCUT2D eigenvalue weighted by Crippen LogP contribution is 2.40. The Morgan fingerprint density at radius 2 is 2.26 bits per heavy atom. The van der Waals surface area contributed by atoms with Gasteiger partial charge in [0.15, 0.2) is 0 Å². The van der Waals surface area contributed by atoms with Crippen molar-refractivity contribution >= 4 is 34.3 Å². The van der Waals surface area contributed by atoms with Gasteiger partial charge in [-0.15, -0.1) is 23.6 Å². The van der Waals surface area contributed by atoms with Crippen LogP contribution in [0.4, 0.5) is 11.4 Å². The third kappa shape index (κ3) is 2.23. The summed E-state index contributed by atoms with van der Waals surface area (Å²) in [5, 5.41) is 0.